The number of aliphatic hydroxyl groups is 1. The average molecular weight is 233 g/mol. The van der Waals surface area contributed by atoms with Crippen molar-refractivity contribution in [1.29, 1.82) is 0 Å². The van der Waals surface area contributed by atoms with Gasteiger partial charge in [0.2, 0.25) is 0 Å². The summed E-state index contributed by atoms with van der Waals surface area (Å²) in [5, 5.41) is 8.82. The molecule has 0 aliphatic carbocycles. The van der Waals surface area contributed by atoms with Crippen molar-refractivity contribution >= 4 is 5.69 Å². The molecule has 0 aliphatic heterocycles. The topological polar surface area (TPSA) is 23.5 Å². The van der Waals surface area contributed by atoms with Crippen molar-refractivity contribution in [2.75, 3.05) is 18.0 Å². The highest BCUT2D eigenvalue weighted by Gasteiger charge is 2.30. The highest BCUT2D eigenvalue weighted by Crippen LogP contribution is 2.22. The van der Waals surface area contributed by atoms with E-state index in [1.54, 1.807) is 31.2 Å². The smallest absolute Gasteiger partial charge is 0.392 e. The molecule has 0 heterocycles. The van der Waals surface area contributed by atoms with E-state index in [0.717, 1.165) is 0 Å². The van der Waals surface area contributed by atoms with Gasteiger partial charge in [0.1, 0.15) is 6.54 Å². The van der Waals surface area contributed by atoms with Crippen molar-refractivity contribution < 1.29 is 18.3 Å². The van der Waals surface area contributed by atoms with Crippen LogP contribution in [0.3, 0.4) is 0 Å². The van der Waals surface area contributed by atoms with Gasteiger partial charge in [-0.25, -0.2) is 0 Å². The molecular formula is C11H14F3NO. The van der Waals surface area contributed by atoms with Gasteiger partial charge in [-0.2, -0.15) is 13.2 Å². The zero-order valence-electron chi connectivity index (χ0n) is 8.96. The summed E-state index contributed by atoms with van der Waals surface area (Å²) in [6, 6.07) is 6.41. The van der Waals surface area contributed by atoms with Crippen LogP contribution in [0.5, 0.6) is 0 Å². The van der Waals surface area contributed by atoms with E-state index < -0.39 is 12.7 Å². The van der Waals surface area contributed by atoms with Crippen LogP contribution in [-0.2, 0) is 6.61 Å². The first-order valence-electron chi connectivity index (χ1n) is 4.97. The van der Waals surface area contributed by atoms with E-state index in [4.69, 9.17) is 5.11 Å². The Kier molecular flexibility index (Phi) is 4.18. The van der Waals surface area contributed by atoms with Gasteiger partial charge in [0, 0.05) is 12.2 Å². The monoisotopic (exact) mass is 233 g/mol. The molecule has 16 heavy (non-hydrogen) atoms. The fourth-order valence-electron chi connectivity index (χ4n) is 1.41. The van der Waals surface area contributed by atoms with Gasteiger partial charge in [-0.3, -0.25) is 0 Å². The minimum Gasteiger partial charge on any atom is -0.392 e. The maximum Gasteiger partial charge on any atom is 0.405 e. The molecule has 0 radical (unpaired) electrons. The molecule has 0 spiro atoms. The number of nitrogens with zero attached hydrogens (tertiary/aromatic N) is 1. The molecule has 0 bridgehead atoms. The third-order valence-electron chi connectivity index (χ3n) is 2.24. The van der Waals surface area contributed by atoms with Crippen LogP contribution < -0.4 is 4.90 Å². The predicted octanol–water partition coefficient (Wildman–Crippen LogP) is 2.57. The molecule has 1 aromatic rings. The Morgan fingerprint density at radius 1 is 1.19 bits per heavy atom. The number of benzene rings is 1. The molecule has 1 aromatic carbocycles. The Bertz CT molecular complexity index is 321. The van der Waals surface area contributed by atoms with Crippen molar-refractivity contribution in [2.45, 2.75) is 19.7 Å². The first kappa shape index (κ1) is 12.8. The summed E-state index contributed by atoms with van der Waals surface area (Å²) < 4.78 is 36.7. The quantitative estimate of drug-likeness (QED) is 0.864. The number of hydrogen-bond donors (Lipinski definition) is 1. The van der Waals surface area contributed by atoms with Gasteiger partial charge in [-0.15, -0.1) is 0 Å². The van der Waals surface area contributed by atoms with Crippen LogP contribution in [0, 0.1) is 0 Å². The van der Waals surface area contributed by atoms with Crippen LogP contribution in [0.2, 0.25) is 0 Å². The highest BCUT2D eigenvalue weighted by atomic mass is 19.4. The Morgan fingerprint density at radius 2 is 1.75 bits per heavy atom. The largest absolute Gasteiger partial charge is 0.405 e. The number of aliphatic hydroxyl groups excluding tert-OH is 1. The SMILES string of the molecule is CCN(CC(F)(F)F)c1ccc(CO)cc1. The number of rotatable bonds is 4. The second-order valence-corrected chi connectivity index (χ2v) is 3.45. The third-order valence-corrected chi connectivity index (χ3v) is 2.24. The van der Waals surface area contributed by atoms with E-state index in [1.165, 1.54) is 4.90 Å². The molecule has 0 aromatic heterocycles. The molecule has 0 atom stereocenters. The fourth-order valence-corrected chi connectivity index (χ4v) is 1.41. The molecule has 1 rings (SSSR count). The van der Waals surface area contributed by atoms with Gasteiger partial charge in [0.25, 0.3) is 0 Å². The summed E-state index contributed by atoms with van der Waals surface area (Å²) in [7, 11) is 0. The summed E-state index contributed by atoms with van der Waals surface area (Å²) in [5.74, 6) is 0. The molecule has 0 amide bonds. The summed E-state index contributed by atoms with van der Waals surface area (Å²) in [6.45, 7) is 0.900. The lowest BCUT2D eigenvalue weighted by Crippen LogP contribution is -2.34. The van der Waals surface area contributed by atoms with Gasteiger partial charge in [0.05, 0.1) is 6.61 Å². The van der Waals surface area contributed by atoms with E-state index >= 15 is 0 Å². The number of alkyl halides is 3. The van der Waals surface area contributed by atoms with Gasteiger partial charge in [-0.1, -0.05) is 12.1 Å². The van der Waals surface area contributed by atoms with Crippen LogP contribution in [-0.4, -0.2) is 24.4 Å². The Hall–Kier alpha value is -1.23. The van der Waals surface area contributed by atoms with E-state index in [0.29, 0.717) is 11.3 Å². The van der Waals surface area contributed by atoms with Crippen LogP contribution in [0.4, 0.5) is 18.9 Å². The molecule has 0 unspecified atom stereocenters. The van der Waals surface area contributed by atoms with Crippen LogP contribution in [0.25, 0.3) is 0 Å². The number of anilines is 1. The van der Waals surface area contributed by atoms with Crippen molar-refractivity contribution in [3.8, 4) is 0 Å². The van der Waals surface area contributed by atoms with E-state index in [1.807, 2.05) is 0 Å². The molecule has 1 N–H and O–H groups in total. The Balaban J connectivity index is 2.79. The summed E-state index contributed by atoms with van der Waals surface area (Å²) >= 11 is 0. The number of hydrogen-bond acceptors (Lipinski definition) is 2. The summed E-state index contributed by atoms with van der Waals surface area (Å²) in [5.41, 5.74) is 1.20. The van der Waals surface area contributed by atoms with Gasteiger partial charge < -0.3 is 10.0 Å². The van der Waals surface area contributed by atoms with E-state index in [-0.39, 0.29) is 13.2 Å². The second-order valence-electron chi connectivity index (χ2n) is 3.45. The lowest BCUT2D eigenvalue weighted by atomic mass is 10.2. The molecule has 0 saturated heterocycles. The molecule has 5 heteroatoms. The van der Waals surface area contributed by atoms with Crippen molar-refractivity contribution in [3.63, 3.8) is 0 Å². The van der Waals surface area contributed by atoms with Crippen molar-refractivity contribution in [1.82, 2.24) is 0 Å². The van der Waals surface area contributed by atoms with E-state index in [2.05, 4.69) is 0 Å². The average Bonchev–Trinajstić information content (AvgIpc) is 2.25. The van der Waals surface area contributed by atoms with Gasteiger partial charge in [-0.05, 0) is 24.6 Å². The maximum atomic E-state index is 12.2. The van der Waals surface area contributed by atoms with Crippen LogP contribution in [0.1, 0.15) is 12.5 Å². The highest BCUT2D eigenvalue weighted by molar-refractivity contribution is 5.47. The minimum absolute atomic E-state index is 0.105. The third kappa shape index (κ3) is 3.73. The summed E-state index contributed by atoms with van der Waals surface area (Å²) in [4.78, 5) is 1.24. The predicted molar refractivity (Wildman–Crippen MR) is 56.3 cm³/mol. The normalized spacial score (nSPS) is 11.6. The molecule has 0 aliphatic rings. The van der Waals surface area contributed by atoms with Gasteiger partial charge >= 0.3 is 6.18 Å². The zero-order valence-corrected chi connectivity index (χ0v) is 8.96. The minimum atomic E-state index is -4.20. The molecular weight excluding hydrogens is 219 g/mol. The summed E-state index contributed by atoms with van der Waals surface area (Å²) in [6.07, 6.45) is -4.20. The van der Waals surface area contributed by atoms with Gasteiger partial charge in [0.15, 0.2) is 0 Å². The lowest BCUT2D eigenvalue weighted by Gasteiger charge is -2.24. The Morgan fingerprint density at radius 3 is 2.12 bits per heavy atom. The molecule has 0 fully saturated rings. The zero-order chi connectivity index (χ0) is 12.2. The molecule has 0 saturated carbocycles. The van der Waals surface area contributed by atoms with Crippen molar-refractivity contribution in [2.24, 2.45) is 0 Å². The fraction of sp³-hybridized carbons (Fsp3) is 0.455. The lowest BCUT2D eigenvalue weighted by molar-refractivity contribution is -0.119. The maximum absolute atomic E-state index is 12.2. The molecule has 2 nitrogen and oxygen atoms in total. The Labute approximate surface area is 92.3 Å². The first-order chi connectivity index (χ1) is 7.46. The van der Waals surface area contributed by atoms with Crippen molar-refractivity contribution in [3.05, 3.63) is 29.8 Å². The van der Waals surface area contributed by atoms with Crippen LogP contribution in [0.15, 0.2) is 24.3 Å². The molecule has 90 valence electrons. The second kappa shape index (κ2) is 5.21. The first-order valence-corrected chi connectivity index (χ1v) is 4.97. The standard InChI is InChI=1S/C11H14F3NO/c1-2-15(8-11(12,13)14)10-5-3-9(7-16)4-6-10/h3-6,16H,2,7-8H2,1H3. The number of halogens is 3. The van der Waals surface area contributed by atoms with E-state index in [9.17, 15) is 13.2 Å². The van der Waals surface area contributed by atoms with Crippen LogP contribution >= 0.6 is 0 Å².